The average Bonchev–Trinajstić information content (AvgIpc) is 2.75. The lowest BCUT2D eigenvalue weighted by Crippen LogP contribution is -2.43. The number of ether oxygens (including phenoxy) is 1. The molecule has 2 aromatic carbocycles. The molecule has 0 spiro atoms. The fourth-order valence-electron chi connectivity index (χ4n) is 4.50. The van der Waals surface area contributed by atoms with Gasteiger partial charge in [-0.15, -0.1) is 0 Å². The van der Waals surface area contributed by atoms with Gasteiger partial charge in [-0.3, -0.25) is 9.69 Å². The lowest BCUT2D eigenvalue weighted by Gasteiger charge is -2.33. The molecule has 1 saturated heterocycles. The molecular formula is C26H35ClN2O2. The Morgan fingerprint density at radius 3 is 2.65 bits per heavy atom. The number of aryl methyl sites for hydroxylation is 1. The van der Waals surface area contributed by atoms with E-state index in [4.69, 9.17) is 16.3 Å². The van der Waals surface area contributed by atoms with Crippen molar-refractivity contribution in [3.8, 4) is 5.75 Å². The zero-order valence-corrected chi connectivity index (χ0v) is 20.1. The number of carbonyl (C=O) groups excluding carboxylic acids is 1. The number of benzene rings is 2. The van der Waals surface area contributed by atoms with E-state index in [-0.39, 0.29) is 17.9 Å². The molecule has 2 unspecified atom stereocenters. The Morgan fingerprint density at radius 2 is 1.97 bits per heavy atom. The number of methoxy groups -OCH3 is 1. The number of nitrogens with zero attached hydrogens (tertiary/aromatic N) is 1. The molecule has 1 aliphatic heterocycles. The lowest BCUT2D eigenvalue weighted by atomic mass is 9.92. The summed E-state index contributed by atoms with van der Waals surface area (Å²) >= 11 is 6.34. The highest BCUT2D eigenvalue weighted by Gasteiger charge is 2.27. The fraction of sp³-hybridized carbons (Fsp3) is 0.500. The summed E-state index contributed by atoms with van der Waals surface area (Å²) in [5.41, 5.74) is 4.58. The maximum Gasteiger partial charge on any atom is 0.224 e. The molecule has 5 heteroatoms. The molecule has 4 nitrogen and oxygen atoms in total. The van der Waals surface area contributed by atoms with Crippen LogP contribution in [0.3, 0.4) is 0 Å². The van der Waals surface area contributed by atoms with Crippen LogP contribution in [0.1, 0.15) is 67.8 Å². The molecule has 1 amide bonds. The lowest BCUT2D eigenvalue weighted by molar-refractivity contribution is -0.127. The van der Waals surface area contributed by atoms with Gasteiger partial charge in [0.05, 0.1) is 19.1 Å². The molecule has 1 aliphatic rings. The van der Waals surface area contributed by atoms with E-state index in [1.54, 1.807) is 7.11 Å². The zero-order valence-electron chi connectivity index (χ0n) is 19.4. The summed E-state index contributed by atoms with van der Waals surface area (Å²) in [5.74, 6) is 1.41. The maximum atomic E-state index is 13.1. The number of rotatable bonds is 7. The molecule has 3 rings (SSSR count). The number of amides is 1. The van der Waals surface area contributed by atoms with E-state index in [0.717, 1.165) is 59.9 Å². The van der Waals surface area contributed by atoms with Gasteiger partial charge in [-0.2, -0.15) is 0 Å². The molecule has 1 N–H and O–H groups in total. The third kappa shape index (κ3) is 5.81. The third-order valence-electron chi connectivity index (χ3n) is 6.29. The van der Waals surface area contributed by atoms with Gasteiger partial charge in [-0.25, -0.2) is 0 Å². The summed E-state index contributed by atoms with van der Waals surface area (Å²) < 4.78 is 5.57. The first kappa shape index (κ1) is 23.6. The topological polar surface area (TPSA) is 41.6 Å². The van der Waals surface area contributed by atoms with Crippen LogP contribution in [0.2, 0.25) is 5.02 Å². The van der Waals surface area contributed by atoms with Crippen LogP contribution in [0.5, 0.6) is 5.75 Å². The van der Waals surface area contributed by atoms with Crippen LogP contribution in [0, 0.1) is 12.8 Å². The van der Waals surface area contributed by atoms with E-state index >= 15 is 0 Å². The van der Waals surface area contributed by atoms with Gasteiger partial charge < -0.3 is 10.1 Å². The Morgan fingerprint density at radius 1 is 1.23 bits per heavy atom. The van der Waals surface area contributed by atoms with Crippen molar-refractivity contribution in [2.75, 3.05) is 20.2 Å². The molecule has 0 radical (unpaired) electrons. The molecule has 31 heavy (non-hydrogen) atoms. The van der Waals surface area contributed by atoms with Crippen molar-refractivity contribution in [1.82, 2.24) is 10.2 Å². The Bertz CT molecular complexity index is 912. The quantitative estimate of drug-likeness (QED) is 0.583. The molecule has 0 aliphatic carbocycles. The molecule has 2 atom stereocenters. The average molecular weight is 443 g/mol. The predicted octanol–water partition coefficient (Wildman–Crippen LogP) is 5.87. The number of hydrogen-bond donors (Lipinski definition) is 1. The molecule has 0 aromatic heterocycles. The van der Waals surface area contributed by atoms with Crippen molar-refractivity contribution in [3.63, 3.8) is 0 Å². The Hall–Kier alpha value is -2.04. The maximum absolute atomic E-state index is 13.1. The molecular weight excluding hydrogens is 408 g/mol. The van der Waals surface area contributed by atoms with Crippen molar-refractivity contribution in [2.45, 2.75) is 59.0 Å². The minimum absolute atomic E-state index is 0.00168. The van der Waals surface area contributed by atoms with Crippen molar-refractivity contribution >= 4 is 17.5 Å². The number of piperidine rings is 1. The van der Waals surface area contributed by atoms with Crippen molar-refractivity contribution < 1.29 is 9.53 Å². The SMILES string of the molecule is COc1cc(C)c(C(C)NC(=O)C2CCCN(Cc3ccccc3Cl)C2)cc1C(C)C. The van der Waals surface area contributed by atoms with E-state index in [1.165, 1.54) is 5.56 Å². The summed E-state index contributed by atoms with van der Waals surface area (Å²) in [4.78, 5) is 15.5. The molecule has 1 fully saturated rings. The highest BCUT2D eigenvalue weighted by molar-refractivity contribution is 6.31. The predicted molar refractivity (Wildman–Crippen MR) is 128 cm³/mol. The molecule has 0 bridgehead atoms. The minimum Gasteiger partial charge on any atom is -0.496 e. The number of likely N-dealkylation sites (tertiary alicyclic amines) is 1. The van der Waals surface area contributed by atoms with Gasteiger partial charge in [-0.05, 0) is 79.6 Å². The minimum atomic E-state index is -0.0464. The van der Waals surface area contributed by atoms with Gasteiger partial charge in [0.1, 0.15) is 5.75 Å². The molecule has 1 heterocycles. The first-order valence-corrected chi connectivity index (χ1v) is 11.6. The number of nitrogens with one attached hydrogen (secondary N) is 1. The summed E-state index contributed by atoms with van der Waals surface area (Å²) in [5, 5.41) is 4.06. The van der Waals surface area contributed by atoms with Gasteiger partial charge in [-0.1, -0.05) is 43.6 Å². The van der Waals surface area contributed by atoms with Gasteiger partial charge in [0.15, 0.2) is 0 Å². The number of hydrogen-bond acceptors (Lipinski definition) is 3. The standard InChI is InChI=1S/C26H35ClN2O2/c1-17(2)22-14-23(18(3)13-25(22)31-5)19(4)28-26(30)21-10-8-12-29(16-21)15-20-9-6-7-11-24(20)27/h6-7,9,11,13-14,17,19,21H,8,10,12,15-16H2,1-5H3,(H,28,30). The van der Waals surface area contributed by atoms with Crippen LogP contribution in [0.15, 0.2) is 36.4 Å². The highest BCUT2D eigenvalue weighted by Crippen LogP contribution is 2.32. The Labute approximate surface area is 191 Å². The second-order valence-corrected chi connectivity index (χ2v) is 9.41. The molecule has 0 saturated carbocycles. The summed E-state index contributed by atoms with van der Waals surface area (Å²) in [6, 6.07) is 12.2. The largest absolute Gasteiger partial charge is 0.496 e. The Balaban J connectivity index is 1.67. The zero-order chi connectivity index (χ0) is 22.5. The summed E-state index contributed by atoms with van der Waals surface area (Å²) in [7, 11) is 1.71. The van der Waals surface area contributed by atoms with Gasteiger partial charge in [0.2, 0.25) is 5.91 Å². The highest BCUT2D eigenvalue weighted by atomic mass is 35.5. The van der Waals surface area contributed by atoms with Crippen LogP contribution in [-0.4, -0.2) is 31.0 Å². The van der Waals surface area contributed by atoms with E-state index in [2.05, 4.69) is 56.1 Å². The molecule has 2 aromatic rings. The third-order valence-corrected chi connectivity index (χ3v) is 6.66. The monoisotopic (exact) mass is 442 g/mol. The fourth-order valence-corrected chi connectivity index (χ4v) is 4.70. The van der Waals surface area contributed by atoms with Crippen LogP contribution in [-0.2, 0) is 11.3 Å². The summed E-state index contributed by atoms with van der Waals surface area (Å²) in [6.07, 6.45) is 1.95. The van der Waals surface area contributed by atoms with Crippen LogP contribution in [0.25, 0.3) is 0 Å². The first-order valence-electron chi connectivity index (χ1n) is 11.2. The van der Waals surface area contributed by atoms with E-state index in [0.29, 0.717) is 5.92 Å². The first-order chi connectivity index (χ1) is 14.8. The number of halogens is 1. The van der Waals surface area contributed by atoms with Crippen LogP contribution in [0.4, 0.5) is 0 Å². The van der Waals surface area contributed by atoms with Crippen LogP contribution >= 0.6 is 11.6 Å². The smallest absolute Gasteiger partial charge is 0.224 e. The second kappa shape index (κ2) is 10.5. The van der Waals surface area contributed by atoms with Crippen molar-refractivity contribution in [2.24, 2.45) is 5.92 Å². The van der Waals surface area contributed by atoms with Gasteiger partial charge >= 0.3 is 0 Å². The van der Waals surface area contributed by atoms with Gasteiger partial charge in [0.25, 0.3) is 0 Å². The van der Waals surface area contributed by atoms with E-state index in [9.17, 15) is 4.79 Å². The Kier molecular flexibility index (Phi) is 8.01. The second-order valence-electron chi connectivity index (χ2n) is 9.00. The molecule has 168 valence electrons. The number of carbonyl (C=O) groups is 1. The van der Waals surface area contributed by atoms with Crippen molar-refractivity contribution in [1.29, 1.82) is 0 Å². The summed E-state index contributed by atoms with van der Waals surface area (Å²) in [6.45, 7) is 11.0. The van der Waals surface area contributed by atoms with Crippen LogP contribution < -0.4 is 10.1 Å². The van der Waals surface area contributed by atoms with Crippen molar-refractivity contribution in [3.05, 3.63) is 63.7 Å². The van der Waals surface area contributed by atoms with E-state index in [1.807, 2.05) is 18.2 Å². The normalized spacial score (nSPS) is 18.1. The van der Waals surface area contributed by atoms with E-state index < -0.39 is 0 Å². The van der Waals surface area contributed by atoms with Gasteiger partial charge in [0, 0.05) is 18.1 Å².